The maximum Gasteiger partial charge on any atom is 0.308 e. The second-order valence-corrected chi connectivity index (χ2v) is 2.85. The van der Waals surface area contributed by atoms with Gasteiger partial charge in [-0.15, -0.1) is 0 Å². The fourth-order valence-corrected chi connectivity index (χ4v) is 0.774. The molecule has 0 aromatic heterocycles. The van der Waals surface area contributed by atoms with E-state index in [1.165, 1.54) is 14.0 Å². The SMILES string of the molecule is COC(C)OC(=O)CCCC(C)=O. The molecule has 13 heavy (non-hydrogen) atoms. The zero-order valence-corrected chi connectivity index (χ0v) is 8.33. The monoisotopic (exact) mass is 188 g/mol. The number of Topliss-reactive ketones (excluding diaryl/α,β-unsaturated/α-hetero) is 1. The highest BCUT2D eigenvalue weighted by Crippen LogP contribution is 2.01. The molecule has 0 fully saturated rings. The van der Waals surface area contributed by atoms with E-state index in [1.807, 2.05) is 0 Å². The molecular formula is C9H16O4. The number of ketones is 1. The molecule has 1 atom stereocenters. The van der Waals surface area contributed by atoms with E-state index in [0.717, 1.165) is 0 Å². The molecule has 76 valence electrons. The van der Waals surface area contributed by atoms with Gasteiger partial charge in [-0.25, -0.2) is 0 Å². The van der Waals surface area contributed by atoms with Gasteiger partial charge in [-0.05, 0) is 20.3 Å². The van der Waals surface area contributed by atoms with Gasteiger partial charge in [-0.1, -0.05) is 0 Å². The molecule has 0 radical (unpaired) electrons. The first-order chi connectivity index (χ1) is 6.06. The summed E-state index contributed by atoms with van der Waals surface area (Å²) in [6.07, 6.45) is 0.735. The average Bonchev–Trinajstić information content (AvgIpc) is 2.03. The van der Waals surface area contributed by atoms with Gasteiger partial charge in [0.05, 0.1) is 0 Å². The minimum absolute atomic E-state index is 0.0904. The van der Waals surface area contributed by atoms with Gasteiger partial charge < -0.3 is 14.3 Å². The van der Waals surface area contributed by atoms with Crippen LogP contribution in [0.4, 0.5) is 0 Å². The Morgan fingerprint density at radius 1 is 1.31 bits per heavy atom. The van der Waals surface area contributed by atoms with Crippen molar-refractivity contribution in [1.82, 2.24) is 0 Å². The van der Waals surface area contributed by atoms with Crippen LogP contribution in [0.1, 0.15) is 33.1 Å². The standard InChI is InChI=1S/C9H16O4/c1-7(10)5-4-6-9(11)13-8(2)12-3/h8H,4-6H2,1-3H3. The van der Waals surface area contributed by atoms with E-state index in [0.29, 0.717) is 12.8 Å². The first-order valence-corrected chi connectivity index (χ1v) is 4.28. The van der Waals surface area contributed by atoms with Gasteiger partial charge in [0.25, 0.3) is 0 Å². The highest BCUT2D eigenvalue weighted by molar-refractivity contribution is 5.76. The Labute approximate surface area is 78.2 Å². The molecule has 0 saturated carbocycles. The lowest BCUT2D eigenvalue weighted by atomic mass is 10.2. The summed E-state index contributed by atoms with van der Waals surface area (Å²) in [7, 11) is 1.47. The third kappa shape index (κ3) is 7.46. The summed E-state index contributed by atoms with van der Waals surface area (Å²) in [5, 5.41) is 0. The maximum atomic E-state index is 11.0. The topological polar surface area (TPSA) is 52.6 Å². The Morgan fingerprint density at radius 3 is 2.38 bits per heavy atom. The minimum atomic E-state index is -0.509. The van der Waals surface area contributed by atoms with E-state index >= 15 is 0 Å². The first-order valence-electron chi connectivity index (χ1n) is 4.28. The number of esters is 1. The number of methoxy groups -OCH3 is 1. The van der Waals surface area contributed by atoms with Crippen molar-refractivity contribution in [2.45, 2.75) is 39.4 Å². The molecule has 0 bridgehead atoms. The Kier molecular flexibility index (Phi) is 6.14. The highest BCUT2D eigenvalue weighted by atomic mass is 16.7. The predicted molar refractivity (Wildman–Crippen MR) is 47.1 cm³/mol. The van der Waals surface area contributed by atoms with Crippen LogP contribution in [0.2, 0.25) is 0 Å². The van der Waals surface area contributed by atoms with Crippen LogP contribution in [0.5, 0.6) is 0 Å². The van der Waals surface area contributed by atoms with E-state index in [1.54, 1.807) is 6.92 Å². The molecule has 0 amide bonds. The molecule has 0 aliphatic heterocycles. The lowest BCUT2D eigenvalue weighted by Gasteiger charge is -2.10. The van der Waals surface area contributed by atoms with Crippen LogP contribution in [0.3, 0.4) is 0 Å². The molecule has 0 N–H and O–H groups in total. The average molecular weight is 188 g/mol. The molecule has 0 aromatic carbocycles. The quantitative estimate of drug-likeness (QED) is 0.465. The van der Waals surface area contributed by atoms with E-state index in [-0.39, 0.29) is 18.2 Å². The van der Waals surface area contributed by atoms with Crippen molar-refractivity contribution in [1.29, 1.82) is 0 Å². The van der Waals surface area contributed by atoms with Crippen LogP contribution in [0, 0.1) is 0 Å². The molecule has 0 rings (SSSR count). The molecule has 0 aromatic rings. The van der Waals surface area contributed by atoms with Crippen LogP contribution < -0.4 is 0 Å². The highest BCUT2D eigenvalue weighted by Gasteiger charge is 2.07. The number of carbonyl (C=O) groups is 2. The zero-order valence-electron chi connectivity index (χ0n) is 8.33. The van der Waals surface area contributed by atoms with Gasteiger partial charge in [0.2, 0.25) is 0 Å². The summed E-state index contributed by atoms with van der Waals surface area (Å²) in [5.74, 6) is -0.233. The Balaban J connectivity index is 3.46. The first kappa shape index (κ1) is 12.1. The van der Waals surface area contributed by atoms with Crippen molar-refractivity contribution in [2.75, 3.05) is 7.11 Å². The molecule has 4 nitrogen and oxygen atoms in total. The van der Waals surface area contributed by atoms with Crippen LogP contribution in [-0.2, 0) is 19.1 Å². The molecule has 0 aliphatic rings. The third-order valence-electron chi connectivity index (χ3n) is 1.54. The number of hydrogen-bond acceptors (Lipinski definition) is 4. The second-order valence-electron chi connectivity index (χ2n) is 2.85. The van der Waals surface area contributed by atoms with E-state index in [9.17, 15) is 9.59 Å². The minimum Gasteiger partial charge on any atom is -0.436 e. The number of ether oxygens (including phenoxy) is 2. The third-order valence-corrected chi connectivity index (χ3v) is 1.54. The smallest absolute Gasteiger partial charge is 0.308 e. The zero-order chi connectivity index (χ0) is 10.3. The van der Waals surface area contributed by atoms with Gasteiger partial charge in [0.1, 0.15) is 5.78 Å². The molecule has 0 heterocycles. The van der Waals surface area contributed by atoms with E-state index < -0.39 is 6.29 Å². The Bertz CT molecular complexity index is 176. The van der Waals surface area contributed by atoms with Crippen molar-refractivity contribution in [3.63, 3.8) is 0 Å². The number of hydrogen-bond donors (Lipinski definition) is 0. The summed E-state index contributed by atoms with van der Waals surface area (Å²) >= 11 is 0. The fraction of sp³-hybridized carbons (Fsp3) is 0.778. The predicted octanol–water partition coefficient (Wildman–Crippen LogP) is 1.28. The number of carbonyl (C=O) groups excluding carboxylic acids is 2. The molecular weight excluding hydrogens is 172 g/mol. The van der Waals surface area contributed by atoms with Crippen molar-refractivity contribution >= 4 is 11.8 Å². The van der Waals surface area contributed by atoms with Crippen LogP contribution in [-0.4, -0.2) is 25.2 Å². The molecule has 0 saturated heterocycles. The van der Waals surface area contributed by atoms with Crippen molar-refractivity contribution in [2.24, 2.45) is 0 Å². The molecule has 0 aliphatic carbocycles. The second kappa shape index (κ2) is 6.60. The molecule has 1 unspecified atom stereocenters. The van der Waals surface area contributed by atoms with Gasteiger partial charge in [0, 0.05) is 20.0 Å². The van der Waals surface area contributed by atoms with Crippen LogP contribution in [0.15, 0.2) is 0 Å². The lowest BCUT2D eigenvalue weighted by Crippen LogP contribution is -2.16. The van der Waals surface area contributed by atoms with Crippen molar-refractivity contribution < 1.29 is 19.1 Å². The van der Waals surface area contributed by atoms with Gasteiger partial charge in [-0.3, -0.25) is 4.79 Å². The van der Waals surface area contributed by atoms with Crippen molar-refractivity contribution in [3.8, 4) is 0 Å². The van der Waals surface area contributed by atoms with Crippen LogP contribution in [0.25, 0.3) is 0 Å². The Hall–Kier alpha value is -0.900. The van der Waals surface area contributed by atoms with Gasteiger partial charge in [0.15, 0.2) is 6.29 Å². The van der Waals surface area contributed by atoms with Gasteiger partial charge in [-0.2, -0.15) is 0 Å². The number of rotatable bonds is 6. The lowest BCUT2D eigenvalue weighted by molar-refractivity contribution is -0.169. The van der Waals surface area contributed by atoms with E-state index in [4.69, 9.17) is 9.47 Å². The normalized spacial score (nSPS) is 12.2. The maximum absolute atomic E-state index is 11.0. The fourth-order valence-electron chi connectivity index (χ4n) is 0.774. The summed E-state index contributed by atoms with van der Waals surface area (Å²) in [6, 6.07) is 0. The summed E-state index contributed by atoms with van der Waals surface area (Å²) in [6.45, 7) is 3.14. The van der Waals surface area contributed by atoms with Crippen molar-refractivity contribution in [3.05, 3.63) is 0 Å². The summed E-state index contributed by atoms with van der Waals surface area (Å²) in [4.78, 5) is 21.5. The molecule has 4 heteroatoms. The Morgan fingerprint density at radius 2 is 1.92 bits per heavy atom. The van der Waals surface area contributed by atoms with Gasteiger partial charge >= 0.3 is 5.97 Å². The largest absolute Gasteiger partial charge is 0.436 e. The molecule has 0 spiro atoms. The summed E-state index contributed by atoms with van der Waals surface area (Å²) in [5.41, 5.74) is 0. The summed E-state index contributed by atoms with van der Waals surface area (Å²) < 4.78 is 9.55. The van der Waals surface area contributed by atoms with Crippen LogP contribution >= 0.6 is 0 Å². The van der Waals surface area contributed by atoms with E-state index in [2.05, 4.69) is 0 Å².